The number of thiophene rings is 1. The Morgan fingerprint density at radius 3 is 2.42 bits per heavy atom. The number of carbonyl (C=O) groups is 2. The summed E-state index contributed by atoms with van der Waals surface area (Å²) in [6, 6.07) is 15.1. The van der Waals surface area contributed by atoms with Crippen molar-refractivity contribution in [2.45, 2.75) is 26.2 Å². The molecule has 0 atom stereocenters. The van der Waals surface area contributed by atoms with Crippen LogP contribution in [0.1, 0.15) is 45.5 Å². The first-order valence-electron chi connectivity index (χ1n) is 11.3. The van der Waals surface area contributed by atoms with E-state index in [-0.39, 0.29) is 11.8 Å². The van der Waals surface area contributed by atoms with Crippen LogP contribution >= 0.6 is 11.3 Å². The highest BCUT2D eigenvalue weighted by Gasteiger charge is 2.28. The highest BCUT2D eigenvalue weighted by molar-refractivity contribution is 7.20. The second-order valence-electron chi connectivity index (χ2n) is 8.29. The summed E-state index contributed by atoms with van der Waals surface area (Å²) in [6.07, 6.45) is 3.17. The third-order valence-electron chi connectivity index (χ3n) is 6.07. The number of likely N-dealkylation sites (tertiary alicyclic amines) is 1. The number of anilines is 1. The zero-order chi connectivity index (χ0) is 22.8. The van der Waals surface area contributed by atoms with E-state index in [1.807, 2.05) is 42.2 Å². The maximum absolute atomic E-state index is 13.5. The van der Waals surface area contributed by atoms with E-state index in [4.69, 9.17) is 9.47 Å². The Balaban J connectivity index is 1.50. The Labute approximate surface area is 197 Å². The third-order valence-corrected chi connectivity index (χ3v) is 7.33. The molecular formula is C26H26N2O4S. The van der Waals surface area contributed by atoms with Crippen molar-refractivity contribution < 1.29 is 19.1 Å². The lowest BCUT2D eigenvalue weighted by Crippen LogP contribution is -2.36. The zero-order valence-corrected chi connectivity index (χ0v) is 19.4. The van der Waals surface area contributed by atoms with Crippen LogP contribution in [0.2, 0.25) is 0 Å². The average Bonchev–Trinajstić information content (AvgIpc) is 3.19. The summed E-state index contributed by atoms with van der Waals surface area (Å²) < 4.78 is 11.2. The van der Waals surface area contributed by atoms with Gasteiger partial charge in [-0.1, -0.05) is 30.3 Å². The lowest BCUT2D eigenvalue weighted by Gasteiger charge is -2.27. The van der Waals surface area contributed by atoms with Crippen LogP contribution in [0.4, 0.5) is 5.00 Å². The molecule has 33 heavy (non-hydrogen) atoms. The van der Waals surface area contributed by atoms with Crippen molar-refractivity contribution in [2.24, 2.45) is 0 Å². The van der Waals surface area contributed by atoms with Crippen molar-refractivity contribution in [1.82, 2.24) is 4.90 Å². The number of amides is 2. The van der Waals surface area contributed by atoms with Crippen LogP contribution in [-0.4, -0.2) is 43.0 Å². The normalized spacial score (nSPS) is 15.2. The first-order valence-corrected chi connectivity index (χ1v) is 12.1. The maximum Gasteiger partial charge on any atom is 0.257 e. The van der Waals surface area contributed by atoms with Crippen molar-refractivity contribution >= 4 is 28.2 Å². The summed E-state index contributed by atoms with van der Waals surface area (Å²) in [5, 5.41) is 3.61. The van der Waals surface area contributed by atoms with Gasteiger partial charge in [-0.2, -0.15) is 0 Å². The Hall–Kier alpha value is -3.32. The van der Waals surface area contributed by atoms with Crippen molar-refractivity contribution in [1.29, 1.82) is 0 Å². The largest absolute Gasteiger partial charge is 0.486 e. The molecule has 0 spiro atoms. The number of rotatable bonds is 4. The zero-order valence-electron chi connectivity index (χ0n) is 18.6. The molecule has 0 bridgehead atoms. The van der Waals surface area contributed by atoms with Gasteiger partial charge in [0.1, 0.15) is 18.2 Å². The fraction of sp³-hybridized carbons (Fsp3) is 0.308. The molecule has 0 saturated carbocycles. The smallest absolute Gasteiger partial charge is 0.257 e. The lowest BCUT2D eigenvalue weighted by atomic mass is 10.0. The number of ether oxygens (including phenoxy) is 2. The molecule has 5 rings (SSSR count). The SMILES string of the molecule is Cc1c(-c2ccccc2)sc(NC(=O)c2ccc3c(c2)OCCO3)c1C(=O)N1CCCCC1. The minimum Gasteiger partial charge on any atom is -0.486 e. The van der Waals surface area contributed by atoms with E-state index in [2.05, 4.69) is 5.32 Å². The van der Waals surface area contributed by atoms with Crippen LogP contribution < -0.4 is 14.8 Å². The van der Waals surface area contributed by atoms with E-state index in [1.165, 1.54) is 11.3 Å². The molecule has 0 aliphatic carbocycles. The number of piperidine rings is 1. The van der Waals surface area contributed by atoms with Gasteiger partial charge >= 0.3 is 0 Å². The van der Waals surface area contributed by atoms with Gasteiger partial charge in [-0.25, -0.2) is 0 Å². The molecule has 1 fully saturated rings. The predicted molar refractivity (Wildman–Crippen MR) is 130 cm³/mol. The highest BCUT2D eigenvalue weighted by atomic mass is 32.1. The standard InChI is InChI=1S/C26H26N2O4S/c1-17-22(26(30)28-12-6-3-7-13-28)25(33-23(17)18-8-4-2-5-9-18)27-24(29)19-10-11-20-21(16-19)32-15-14-31-20/h2,4-5,8-11,16H,3,6-7,12-15H2,1H3,(H,27,29). The molecule has 7 heteroatoms. The van der Waals surface area contributed by atoms with Crippen LogP contribution in [0.3, 0.4) is 0 Å². The average molecular weight is 463 g/mol. The molecule has 6 nitrogen and oxygen atoms in total. The van der Waals surface area contributed by atoms with Crippen molar-refractivity contribution in [3.8, 4) is 21.9 Å². The van der Waals surface area contributed by atoms with Crippen molar-refractivity contribution in [3.05, 3.63) is 65.2 Å². The molecule has 2 aromatic carbocycles. The van der Waals surface area contributed by atoms with Gasteiger partial charge in [0.25, 0.3) is 11.8 Å². The fourth-order valence-electron chi connectivity index (χ4n) is 4.34. The fourth-order valence-corrected chi connectivity index (χ4v) is 5.54. The van der Waals surface area contributed by atoms with E-state index >= 15 is 0 Å². The molecule has 1 aromatic heterocycles. The van der Waals surface area contributed by atoms with Gasteiger partial charge in [-0.15, -0.1) is 11.3 Å². The Morgan fingerprint density at radius 2 is 1.67 bits per heavy atom. The van der Waals surface area contributed by atoms with Crippen LogP contribution in [0.15, 0.2) is 48.5 Å². The number of nitrogens with zero attached hydrogens (tertiary/aromatic N) is 1. The first-order chi connectivity index (χ1) is 16.1. The number of hydrogen-bond acceptors (Lipinski definition) is 5. The van der Waals surface area contributed by atoms with Gasteiger partial charge in [0.2, 0.25) is 0 Å². The van der Waals surface area contributed by atoms with E-state index < -0.39 is 0 Å². The Kier molecular flexibility index (Phi) is 6.05. The van der Waals surface area contributed by atoms with Gasteiger partial charge < -0.3 is 19.7 Å². The summed E-state index contributed by atoms with van der Waals surface area (Å²) in [7, 11) is 0. The van der Waals surface area contributed by atoms with E-state index in [9.17, 15) is 9.59 Å². The van der Waals surface area contributed by atoms with Crippen LogP contribution in [0.25, 0.3) is 10.4 Å². The Bertz CT molecular complexity index is 1180. The number of fused-ring (bicyclic) bond motifs is 1. The molecule has 3 aromatic rings. The first kappa shape index (κ1) is 21.5. The summed E-state index contributed by atoms with van der Waals surface area (Å²) in [5.41, 5.74) is 2.99. The van der Waals surface area contributed by atoms with E-state index in [0.29, 0.717) is 40.8 Å². The topological polar surface area (TPSA) is 67.9 Å². The molecule has 170 valence electrons. The second-order valence-corrected chi connectivity index (χ2v) is 9.31. The van der Waals surface area contributed by atoms with Gasteiger partial charge in [0, 0.05) is 23.5 Å². The summed E-state index contributed by atoms with van der Waals surface area (Å²) in [6.45, 7) is 4.43. The second kappa shape index (κ2) is 9.27. The van der Waals surface area contributed by atoms with Crippen molar-refractivity contribution in [2.75, 3.05) is 31.6 Å². The van der Waals surface area contributed by atoms with Gasteiger partial charge in [-0.05, 0) is 55.5 Å². The van der Waals surface area contributed by atoms with Crippen LogP contribution in [0, 0.1) is 6.92 Å². The monoisotopic (exact) mass is 462 g/mol. The summed E-state index contributed by atoms with van der Waals surface area (Å²) in [5.74, 6) is 0.909. The lowest BCUT2D eigenvalue weighted by molar-refractivity contribution is 0.0725. The quantitative estimate of drug-likeness (QED) is 0.566. The molecule has 2 amide bonds. The van der Waals surface area contributed by atoms with Gasteiger partial charge in [0.05, 0.1) is 5.56 Å². The predicted octanol–water partition coefficient (Wildman–Crippen LogP) is 5.37. The number of nitrogens with one attached hydrogen (secondary N) is 1. The van der Waals surface area contributed by atoms with Gasteiger partial charge in [0.15, 0.2) is 11.5 Å². The van der Waals surface area contributed by atoms with Gasteiger partial charge in [-0.3, -0.25) is 9.59 Å². The van der Waals surface area contributed by atoms with Crippen molar-refractivity contribution in [3.63, 3.8) is 0 Å². The molecule has 0 radical (unpaired) electrons. The number of hydrogen-bond donors (Lipinski definition) is 1. The Morgan fingerprint density at radius 1 is 0.939 bits per heavy atom. The minimum atomic E-state index is -0.277. The third kappa shape index (κ3) is 4.33. The maximum atomic E-state index is 13.5. The molecule has 0 unspecified atom stereocenters. The van der Waals surface area contributed by atoms with Crippen LogP contribution in [-0.2, 0) is 0 Å². The summed E-state index contributed by atoms with van der Waals surface area (Å²) >= 11 is 1.45. The van der Waals surface area contributed by atoms with E-state index in [0.717, 1.165) is 48.4 Å². The van der Waals surface area contributed by atoms with Crippen LogP contribution in [0.5, 0.6) is 11.5 Å². The molecular weight excluding hydrogens is 436 g/mol. The highest BCUT2D eigenvalue weighted by Crippen LogP contribution is 2.41. The molecule has 3 heterocycles. The molecule has 2 aliphatic heterocycles. The summed E-state index contributed by atoms with van der Waals surface area (Å²) in [4.78, 5) is 29.6. The minimum absolute atomic E-state index is 0.0110. The number of carbonyl (C=O) groups excluding carboxylic acids is 2. The molecule has 1 N–H and O–H groups in total. The van der Waals surface area contributed by atoms with E-state index in [1.54, 1.807) is 18.2 Å². The molecule has 1 saturated heterocycles. The molecule has 2 aliphatic rings. The number of benzene rings is 2.